The van der Waals surface area contributed by atoms with Crippen LogP contribution in [0.25, 0.3) is 0 Å². The van der Waals surface area contributed by atoms with Crippen molar-refractivity contribution in [3.63, 3.8) is 0 Å². The van der Waals surface area contributed by atoms with Crippen molar-refractivity contribution in [1.82, 2.24) is 4.57 Å². The second kappa shape index (κ2) is 7.65. The van der Waals surface area contributed by atoms with Crippen LogP contribution in [0.5, 0.6) is 5.75 Å². The number of carbonyl (C=O) groups excluding carboxylic acids is 1. The van der Waals surface area contributed by atoms with Crippen LogP contribution in [0.3, 0.4) is 0 Å². The van der Waals surface area contributed by atoms with E-state index in [1.807, 2.05) is 0 Å². The molecule has 2 aliphatic rings. The van der Waals surface area contributed by atoms with E-state index in [4.69, 9.17) is 21.1 Å². The van der Waals surface area contributed by atoms with Gasteiger partial charge in [-0.1, -0.05) is 29.4 Å². The number of hydrogen-bond donors (Lipinski definition) is 0. The van der Waals surface area contributed by atoms with Crippen LogP contribution in [-0.2, 0) is 23.3 Å². The summed E-state index contributed by atoms with van der Waals surface area (Å²) >= 11 is 7.66. The molecular weight excluding hydrogens is 396 g/mol. The van der Waals surface area contributed by atoms with Gasteiger partial charge < -0.3 is 14.0 Å². The lowest BCUT2D eigenvalue weighted by Gasteiger charge is -2.31. The molecule has 1 amide bonds. The molecule has 2 heterocycles. The standard InChI is InChI=1S/C21H25ClN2O3S/c1-21(2)18-16(9-10-27-21)24(12-13-5-4-6-13)20(28-18)23-19(25)15-11-14(22)7-8-17(15)26-3/h7-8,11,13H,4-6,9-10,12H2,1-3H3. The van der Waals surface area contributed by atoms with Gasteiger partial charge in [0.2, 0.25) is 0 Å². The Morgan fingerprint density at radius 3 is 2.89 bits per heavy atom. The molecule has 5 nitrogen and oxygen atoms in total. The summed E-state index contributed by atoms with van der Waals surface area (Å²) in [4.78, 5) is 19.4. The third-order valence-electron chi connectivity index (χ3n) is 5.62. The Balaban J connectivity index is 1.81. The maximum absolute atomic E-state index is 13.0. The van der Waals surface area contributed by atoms with Gasteiger partial charge in [0.05, 0.1) is 29.8 Å². The van der Waals surface area contributed by atoms with E-state index in [-0.39, 0.29) is 11.5 Å². The summed E-state index contributed by atoms with van der Waals surface area (Å²) in [7, 11) is 1.54. The zero-order valence-corrected chi connectivity index (χ0v) is 18.0. The number of amides is 1. The molecule has 0 unspecified atom stereocenters. The minimum Gasteiger partial charge on any atom is -0.496 e. The number of benzene rings is 1. The van der Waals surface area contributed by atoms with Crippen LogP contribution in [-0.4, -0.2) is 24.2 Å². The smallest absolute Gasteiger partial charge is 0.283 e. The molecule has 1 fully saturated rings. The van der Waals surface area contributed by atoms with E-state index in [0.717, 1.165) is 17.8 Å². The molecule has 28 heavy (non-hydrogen) atoms. The number of hydrogen-bond acceptors (Lipinski definition) is 4. The number of ether oxygens (including phenoxy) is 2. The van der Waals surface area contributed by atoms with Gasteiger partial charge in [-0.15, -0.1) is 0 Å². The molecule has 0 N–H and O–H groups in total. The molecule has 1 saturated carbocycles. The molecule has 1 aromatic carbocycles. The van der Waals surface area contributed by atoms with Crippen molar-refractivity contribution in [2.24, 2.45) is 10.9 Å². The summed E-state index contributed by atoms with van der Waals surface area (Å²) in [5, 5.41) is 0.488. The number of fused-ring (bicyclic) bond motifs is 1. The normalized spacial score (nSPS) is 19.2. The second-order valence-corrected chi connectivity index (χ2v) is 9.35. The molecule has 1 aliphatic carbocycles. The maximum atomic E-state index is 13.0. The third kappa shape index (κ3) is 3.65. The van der Waals surface area contributed by atoms with Crippen LogP contribution in [0.1, 0.15) is 54.0 Å². The van der Waals surface area contributed by atoms with E-state index in [9.17, 15) is 4.79 Å². The van der Waals surface area contributed by atoms with Crippen molar-refractivity contribution >= 4 is 28.8 Å². The Kier molecular flexibility index (Phi) is 5.38. The first-order valence-electron chi connectivity index (χ1n) is 9.68. The Morgan fingerprint density at radius 1 is 1.43 bits per heavy atom. The molecule has 0 bridgehead atoms. The van der Waals surface area contributed by atoms with Crippen LogP contribution < -0.4 is 9.54 Å². The largest absolute Gasteiger partial charge is 0.496 e. The Hall–Kier alpha value is -1.63. The van der Waals surface area contributed by atoms with Gasteiger partial charge in [0, 0.05) is 23.7 Å². The lowest BCUT2D eigenvalue weighted by Crippen LogP contribution is -2.31. The number of methoxy groups -OCH3 is 1. The van der Waals surface area contributed by atoms with E-state index >= 15 is 0 Å². The fourth-order valence-corrected chi connectivity index (χ4v) is 5.24. The van der Waals surface area contributed by atoms with Crippen molar-refractivity contribution in [1.29, 1.82) is 0 Å². The topological polar surface area (TPSA) is 52.8 Å². The SMILES string of the molecule is COc1ccc(Cl)cc1C(=O)N=c1sc2c(n1CC1CCC1)CCOC2(C)C. The Bertz CT molecular complexity index is 973. The molecule has 0 saturated heterocycles. The highest BCUT2D eigenvalue weighted by Crippen LogP contribution is 2.36. The lowest BCUT2D eigenvalue weighted by atomic mass is 9.85. The first-order chi connectivity index (χ1) is 13.4. The average Bonchev–Trinajstić information content (AvgIpc) is 2.96. The Morgan fingerprint density at radius 2 is 2.21 bits per heavy atom. The minimum absolute atomic E-state index is 0.334. The molecule has 2 aromatic rings. The summed E-state index contributed by atoms with van der Waals surface area (Å²) in [6, 6.07) is 5.02. The third-order valence-corrected chi connectivity index (χ3v) is 7.28. The summed E-state index contributed by atoms with van der Waals surface area (Å²) < 4.78 is 13.6. The monoisotopic (exact) mass is 420 g/mol. The predicted octanol–water partition coefficient (Wildman–Crippen LogP) is 4.56. The van der Waals surface area contributed by atoms with Crippen LogP contribution in [0, 0.1) is 5.92 Å². The van der Waals surface area contributed by atoms with Gasteiger partial charge in [-0.05, 0) is 50.8 Å². The first-order valence-corrected chi connectivity index (χ1v) is 10.9. The highest BCUT2D eigenvalue weighted by Gasteiger charge is 2.34. The number of nitrogens with zero attached hydrogens (tertiary/aromatic N) is 2. The van der Waals surface area contributed by atoms with Gasteiger partial charge in [-0.3, -0.25) is 4.79 Å². The van der Waals surface area contributed by atoms with Crippen molar-refractivity contribution in [2.45, 2.75) is 51.7 Å². The van der Waals surface area contributed by atoms with E-state index in [1.54, 1.807) is 36.6 Å². The van der Waals surface area contributed by atoms with Crippen molar-refractivity contribution < 1.29 is 14.3 Å². The maximum Gasteiger partial charge on any atom is 0.283 e. The molecular formula is C21H25ClN2O3S. The van der Waals surface area contributed by atoms with Gasteiger partial charge in [-0.25, -0.2) is 0 Å². The molecule has 0 atom stereocenters. The van der Waals surface area contributed by atoms with Gasteiger partial charge >= 0.3 is 0 Å². The average molecular weight is 421 g/mol. The molecule has 0 radical (unpaired) electrons. The van der Waals surface area contributed by atoms with E-state index in [1.165, 1.54) is 29.8 Å². The second-order valence-electron chi connectivity index (χ2n) is 7.94. The van der Waals surface area contributed by atoms with Crippen LogP contribution in [0.4, 0.5) is 0 Å². The van der Waals surface area contributed by atoms with Crippen molar-refractivity contribution in [3.8, 4) is 5.75 Å². The van der Waals surface area contributed by atoms with Crippen LogP contribution >= 0.6 is 22.9 Å². The van der Waals surface area contributed by atoms with E-state index in [0.29, 0.717) is 28.9 Å². The van der Waals surface area contributed by atoms with Gasteiger partial charge in [0.25, 0.3) is 5.91 Å². The van der Waals surface area contributed by atoms with E-state index in [2.05, 4.69) is 23.4 Å². The van der Waals surface area contributed by atoms with Gasteiger partial charge in [0.15, 0.2) is 4.80 Å². The number of thiazole rings is 1. The zero-order valence-electron chi connectivity index (χ0n) is 16.5. The van der Waals surface area contributed by atoms with Gasteiger partial charge in [-0.2, -0.15) is 4.99 Å². The number of carbonyl (C=O) groups is 1. The summed E-state index contributed by atoms with van der Waals surface area (Å²) in [5.41, 5.74) is 1.29. The highest BCUT2D eigenvalue weighted by molar-refractivity contribution is 7.09. The lowest BCUT2D eigenvalue weighted by molar-refractivity contribution is -0.0301. The summed E-state index contributed by atoms with van der Waals surface area (Å²) in [6.07, 6.45) is 4.63. The van der Waals surface area contributed by atoms with Crippen molar-refractivity contribution in [3.05, 3.63) is 44.2 Å². The fourth-order valence-electron chi connectivity index (χ4n) is 3.83. The highest BCUT2D eigenvalue weighted by atomic mass is 35.5. The summed E-state index contributed by atoms with van der Waals surface area (Å²) in [5.74, 6) is 0.812. The number of halogens is 1. The molecule has 0 spiro atoms. The molecule has 1 aromatic heterocycles. The molecule has 7 heteroatoms. The quantitative estimate of drug-likeness (QED) is 0.728. The summed E-state index contributed by atoms with van der Waals surface area (Å²) in [6.45, 7) is 5.78. The van der Waals surface area contributed by atoms with Gasteiger partial charge in [0.1, 0.15) is 5.75 Å². The Labute approximate surface area is 174 Å². The molecule has 4 rings (SSSR count). The van der Waals surface area contributed by atoms with Crippen LogP contribution in [0.2, 0.25) is 5.02 Å². The minimum atomic E-state index is -0.357. The zero-order chi connectivity index (χ0) is 19.9. The van der Waals surface area contributed by atoms with E-state index < -0.39 is 0 Å². The molecule has 150 valence electrons. The van der Waals surface area contributed by atoms with Crippen LogP contribution in [0.15, 0.2) is 23.2 Å². The predicted molar refractivity (Wildman–Crippen MR) is 110 cm³/mol. The van der Waals surface area contributed by atoms with Crippen molar-refractivity contribution in [2.75, 3.05) is 13.7 Å². The first kappa shape index (κ1) is 19.7. The number of rotatable bonds is 4. The number of aromatic nitrogens is 1. The molecule has 1 aliphatic heterocycles. The fraction of sp³-hybridized carbons (Fsp3) is 0.524.